The van der Waals surface area contributed by atoms with Gasteiger partial charge in [0.2, 0.25) is 0 Å². The summed E-state index contributed by atoms with van der Waals surface area (Å²) in [4.78, 5) is 8.25. The lowest BCUT2D eigenvalue weighted by Crippen LogP contribution is -1.91. The first-order chi connectivity index (χ1) is 7.93. The third kappa shape index (κ3) is 1.16. The Hall–Kier alpha value is -1.31. The fourth-order valence-corrected chi connectivity index (χ4v) is 3.53. The van der Waals surface area contributed by atoms with Crippen molar-refractivity contribution in [1.29, 1.82) is 0 Å². The van der Waals surface area contributed by atoms with Gasteiger partial charge in [0.05, 0.1) is 11.0 Å². The molecule has 2 unspecified atom stereocenters. The standard InChI is InChI=1S/C14H16N2/c1-2-6-10-9(5-1)13(10)14-15-11-7-3-4-8-12(11)16-14/h3-4,7-10,13H,1-2,5-6H2,(H,15,16). The minimum atomic E-state index is 0.745. The van der Waals surface area contributed by atoms with Crippen molar-refractivity contribution in [2.45, 2.75) is 31.6 Å². The third-order valence-electron chi connectivity index (χ3n) is 4.38. The smallest absolute Gasteiger partial charge is 0.110 e. The lowest BCUT2D eigenvalue weighted by Gasteiger charge is -2.04. The van der Waals surface area contributed by atoms with E-state index in [0.29, 0.717) is 0 Å². The Bertz CT molecular complexity index is 483. The number of H-pyrrole nitrogens is 1. The summed E-state index contributed by atoms with van der Waals surface area (Å²) in [5.74, 6) is 3.87. The van der Waals surface area contributed by atoms with Crippen molar-refractivity contribution >= 4 is 11.0 Å². The predicted octanol–water partition coefficient (Wildman–Crippen LogP) is 3.47. The molecule has 2 aromatic rings. The van der Waals surface area contributed by atoms with E-state index in [1.807, 2.05) is 0 Å². The summed E-state index contributed by atoms with van der Waals surface area (Å²) in [6, 6.07) is 8.36. The number of nitrogens with one attached hydrogen (secondary N) is 1. The summed E-state index contributed by atoms with van der Waals surface area (Å²) in [5, 5.41) is 0. The SMILES string of the molecule is c1ccc2[nH]c(C3C4CCCCC43)nc2c1. The van der Waals surface area contributed by atoms with E-state index < -0.39 is 0 Å². The van der Waals surface area contributed by atoms with Gasteiger partial charge < -0.3 is 4.98 Å². The molecule has 2 fully saturated rings. The van der Waals surface area contributed by atoms with Crippen LogP contribution in [0.4, 0.5) is 0 Å². The van der Waals surface area contributed by atoms with Gasteiger partial charge >= 0.3 is 0 Å². The molecular formula is C14H16N2. The molecule has 0 bridgehead atoms. The summed E-state index contributed by atoms with van der Waals surface area (Å²) in [6.07, 6.45) is 5.70. The highest BCUT2D eigenvalue weighted by atomic mass is 14.9. The topological polar surface area (TPSA) is 28.7 Å². The fourth-order valence-electron chi connectivity index (χ4n) is 3.53. The van der Waals surface area contributed by atoms with Crippen LogP contribution in [0.1, 0.15) is 37.4 Å². The van der Waals surface area contributed by atoms with Gasteiger partial charge in [0.1, 0.15) is 5.82 Å². The van der Waals surface area contributed by atoms with Crippen molar-refractivity contribution in [1.82, 2.24) is 9.97 Å². The number of aromatic nitrogens is 2. The maximum absolute atomic E-state index is 4.74. The number of nitrogens with zero attached hydrogens (tertiary/aromatic N) is 1. The molecule has 4 rings (SSSR count). The van der Waals surface area contributed by atoms with Crippen LogP contribution in [-0.2, 0) is 0 Å². The van der Waals surface area contributed by atoms with Crippen LogP contribution < -0.4 is 0 Å². The summed E-state index contributed by atoms with van der Waals surface area (Å²) >= 11 is 0. The first-order valence-corrected chi connectivity index (χ1v) is 6.38. The maximum atomic E-state index is 4.74. The van der Waals surface area contributed by atoms with Crippen LogP contribution in [0.2, 0.25) is 0 Å². The summed E-state index contributed by atoms with van der Waals surface area (Å²) in [7, 11) is 0. The minimum absolute atomic E-state index is 0.745. The van der Waals surface area contributed by atoms with E-state index in [1.54, 1.807) is 0 Å². The maximum Gasteiger partial charge on any atom is 0.110 e. The molecule has 82 valence electrons. The van der Waals surface area contributed by atoms with Gasteiger partial charge in [-0.3, -0.25) is 0 Å². The van der Waals surface area contributed by atoms with E-state index in [0.717, 1.165) is 23.3 Å². The molecule has 0 radical (unpaired) electrons. The largest absolute Gasteiger partial charge is 0.342 e. The van der Waals surface area contributed by atoms with Crippen LogP contribution in [-0.4, -0.2) is 9.97 Å². The average molecular weight is 212 g/mol. The lowest BCUT2D eigenvalue weighted by atomic mass is 10.0. The number of hydrogen-bond acceptors (Lipinski definition) is 1. The quantitative estimate of drug-likeness (QED) is 0.770. The molecule has 1 heterocycles. The Morgan fingerprint density at radius 3 is 2.56 bits per heavy atom. The van der Waals surface area contributed by atoms with E-state index in [-0.39, 0.29) is 0 Å². The zero-order chi connectivity index (χ0) is 10.5. The normalized spacial score (nSPS) is 32.6. The minimum Gasteiger partial charge on any atom is -0.342 e. The Morgan fingerprint density at radius 1 is 1.06 bits per heavy atom. The van der Waals surface area contributed by atoms with Gasteiger partial charge in [-0.15, -0.1) is 0 Å². The van der Waals surface area contributed by atoms with E-state index in [1.165, 1.54) is 37.0 Å². The van der Waals surface area contributed by atoms with Gasteiger partial charge in [-0.1, -0.05) is 25.0 Å². The monoisotopic (exact) mass is 212 g/mol. The molecule has 16 heavy (non-hydrogen) atoms. The highest BCUT2D eigenvalue weighted by Crippen LogP contribution is 2.60. The molecule has 0 saturated heterocycles. The number of aromatic amines is 1. The molecule has 2 saturated carbocycles. The number of hydrogen-bond donors (Lipinski definition) is 1. The molecule has 0 amide bonds. The molecule has 2 aliphatic carbocycles. The molecule has 1 N–H and O–H groups in total. The van der Waals surface area contributed by atoms with Gasteiger partial charge in [0, 0.05) is 5.92 Å². The number of benzene rings is 1. The van der Waals surface area contributed by atoms with Crippen LogP contribution in [0.15, 0.2) is 24.3 Å². The highest BCUT2D eigenvalue weighted by molar-refractivity contribution is 5.75. The third-order valence-corrected chi connectivity index (χ3v) is 4.38. The van der Waals surface area contributed by atoms with Crippen molar-refractivity contribution in [3.8, 4) is 0 Å². The van der Waals surface area contributed by atoms with E-state index in [4.69, 9.17) is 4.98 Å². The lowest BCUT2D eigenvalue weighted by molar-refractivity contribution is 0.480. The Kier molecular flexibility index (Phi) is 1.70. The number of fused-ring (bicyclic) bond motifs is 2. The summed E-state index contributed by atoms with van der Waals surface area (Å²) < 4.78 is 0. The average Bonchev–Trinajstić information content (AvgIpc) is 2.91. The predicted molar refractivity (Wildman–Crippen MR) is 64.3 cm³/mol. The molecule has 2 aliphatic rings. The molecule has 2 heteroatoms. The Morgan fingerprint density at radius 2 is 1.81 bits per heavy atom. The van der Waals surface area contributed by atoms with E-state index in [9.17, 15) is 0 Å². The number of para-hydroxylation sites is 2. The van der Waals surface area contributed by atoms with Gasteiger partial charge in [0.25, 0.3) is 0 Å². The molecule has 0 aliphatic heterocycles. The van der Waals surface area contributed by atoms with Crippen LogP contribution in [0.25, 0.3) is 11.0 Å². The van der Waals surface area contributed by atoms with Crippen molar-refractivity contribution in [3.63, 3.8) is 0 Å². The molecule has 2 atom stereocenters. The first-order valence-electron chi connectivity index (χ1n) is 6.38. The summed E-state index contributed by atoms with van der Waals surface area (Å²) in [5.41, 5.74) is 2.32. The van der Waals surface area contributed by atoms with Crippen molar-refractivity contribution in [2.24, 2.45) is 11.8 Å². The number of imidazole rings is 1. The second-order valence-electron chi connectivity index (χ2n) is 5.28. The van der Waals surface area contributed by atoms with Crippen LogP contribution in [0, 0.1) is 11.8 Å². The fraction of sp³-hybridized carbons (Fsp3) is 0.500. The van der Waals surface area contributed by atoms with E-state index in [2.05, 4.69) is 29.2 Å². The van der Waals surface area contributed by atoms with Gasteiger partial charge in [-0.25, -0.2) is 4.98 Å². The van der Waals surface area contributed by atoms with Crippen LogP contribution in [0.5, 0.6) is 0 Å². The Balaban J connectivity index is 1.72. The molecule has 1 aromatic heterocycles. The molecular weight excluding hydrogens is 196 g/mol. The van der Waals surface area contributed by atoms with Crippen molar-refractivity contribution in [3.05, 3.63) is 30.1 Å². The molecule has 2 nitrogen and oxygen atoms in total. The zero-order valence-corrected chi connectivity index (χ0v) is 9.32. The van der Waals surface area contributed by atoms with Gasteiger partial charge in [-0.05, 0) is 36.8 Å². The first kappa shape index (κ1) is 8.80. The number of rotatable bonds is 1. The van der Waals surface area contributed by atoms with Crippen LogP contribution >= 0.6 is 0 Å². The summed E-state index contributed by atoms with van der Waals surface area (Å²) in [6.45, 7) is 0. The van der Waals surface area contributed by atoms with E-state index >= 15 is 0 Å². The van der Waals surface area contributed by atoms with Crippen LogP contribution in [0.3, 0.4) is 0 Å². The molecule has 1 aromatic carbocycles. The van der Waals surface area contributed by atoms with Gasteiger partial charge in [-0.2, -0.15) is 0 Å². The Labute approximate surface area is 95.1 Å². The van der Waals surface area contributed by atoms with Crippen molar-refractivity contribution in [2.75, 3.05) is 0 Å². The van der Waals surface area contributed by atoms with Crippen molar-refractivity contribution < 1.29 is 0 Å². The molecule has 0 spiro atoms. The second kappa shape index (κ2) is 3.09. The zero-order valence-electron chi connectivity index (χ0n) is 9.32. The highest BCUT2D eigenvalue weighted by Gasteiger charge is 2.52. The second-order valence-corrected chi connectivity index (χ2v) is 5.28. The van der Waals surface area contributed by atoms with Gasteiger partial charge in [0.15, 0.2) is 0 Å².